The third-order valence-corrected chi connectivity index (χ3v) is 3.79. The van der Waals surface area contributed by atoms with E-state index in [9.17, 15) is 9.90 Å². The predicted octanol–water partition coefficient (Wildman–Crippen LogP) is 3.35. The van der Waals surface area contributed by atoms with Crippen LogP contribution in [0.1, 0.15) is 38.2 Å². The Hall–Kier alpha value is -1.07. The Balaban J connectivity index is 0.00000220. The zero-order valence-electron chi connectivity index (χ0n) is 12.6. The Morgan fingerprint density at radius 3 is 2.52 bits per heavy atom. The van der Waals surface area contributed by atoms with E-state index in [1.165, 1.54) is 45.7 Å². The highest BCUT2D eigenvalue weighted by atomic mass is 79.9. The first-order valence-corrected chi connectivity index (χ1v) is 7.47. The van der Waals surface area contributed by atoms with Gasteiger partial charge in [-0.2, -0.15) is 0 Å². The maximum absolute atomic E-state index is 11.1. The van der Waals surface area contributed by atoms with Gasteiger partial charge in [0.05, 0.1) is 5.69 Å². The molecule has 2 rings (SSSR count). The molecule has 0 aliphatic carbocycles. The number of carbonyl (C=O) groups is 1. The van der Waals surface area contributed by atoms with E-state index in [0.29, 0.717) is 5.69 Å². The fourth-order valence-corrected chi connectivity index (χ4v) is 2.68. The molecule has 1 saturated heterocycles. The summed E-state index contributed by atoms with van der Waals surface area (Å²) < 4.78 is 0. The number of hydrogen-bond donors (Lipinski definition) is 2. The molecule has 0 spiro atoms. The first-order valence-electron chi connectivity index (χ1n) is 7.47. The van der Waals surface area contributed by atoms with Crippen LogP contribution in [0.2, 0.25) is 0 Å². The Labute approximate surface area is 137 Å². The van der Waals surface area contributed by atoms with Gasteiger partial charge in [-0.05, 0) is 50.0 Å². The molecule has 1 aromatic carbocycles. The SMILES string of the molecule is Br.CC(=O)Nc1cc(CCN2CCCCCC2)ccc1O. The molecule has 5 heteroatoms. The molecule has 118 valence electrons. The zero-order valence-corrected chi connectivity index (χ0v) is 14.3. The summed E-state index contributed by atoms with van der Waals surface area (Å²) in [6.07, 6.45) is 6.25. The van der Waals surface area contributed by atoms with Crippen molar-refractivity contribution in [2.75, 3.05) is 25.0 Å². The fourth-order valence-electron chi connectivity index (χ4n) is 2.68. The smallest absolute Gasteiger partial charge is 0.221 e. The van der Waals surface area contributed by atoms with Gasteiger partial charge in [0.1, 0.15) is 5.75 Å². The van der Waals surface area contributed by atoms with Gasteiger partial charge in [0.25, 0.3) is 0 Å². The van der Waals surface area contributed by atoms with Crippen molar-refractivity contribution in [3.05, 3.63) is 23.8 Å². The minimum Gasteiger partial charge on any atom is -0.506 e. The van der Waals surface area contributed by atoms with Gasteiger partial charge in [-0.1, -0.05) is 18.9 Å². The molecule has 0 aromatic heterocycles. The van der Waals surface area contributed by atoms with Crippen molar-refractivity contribution in [2.24, 2.45) is 0 Å². The number of phenolic OH excluding ortho intramolecular Hbond substituents is 1. The van der Waals surface area contributed by atoms with Gasteiger partial charge in [-0.15, -0.1) is 17.0 Å². The molecular formula is C16H25BrN2O2. The van der Waals surface area contributed by atoms with Gasteiger partial charge in [-0.3, -0.25) is 4.79 Å². The maximum Gasteiger partial charge on any atom is 0.221 e. The van der Waals surface area contributed by atoms with Crippen LogP contribution < -0.4 is 5.32 Å². The molecule has 0 unspecified atom stereocenters. The number of nitrogens with one attached hydrogen (secondary N) is 1. The van der Waals surface area contributed by atoms with Crippen LogP contribution in [0, 0.1) is 0 Å². The lowest BCUT2D eigenvalue weighted by molar-refractivity contribution is -0.114. The number of likely N-dealkylation sites (tertiary alicyclic amines) is 1. The van der Waals surface area contributed by atoms with E-state index in [0.717, 1.165) is 18.5 Å². The van der Waals surface area contributed by atoms with Crippen LogP contribution in [0.3, 0.4) is 0 Å². The number of carbonyl (C=O) groups excluding carboxylic acids is 1. The fraction of sp³-hybridized carbons (Fsp3) is 0.562. The van der Waals surface area contributed by atoms with Crippen molar-refractivity contribution >= 4 is 28.6 Å². The first kappa shape index (κ1) is 18.0. The topological polar surface area (TPSA) is 52.6 Å². The molecule has 0 saturated carbocycles. The average molecular weight is 357 g/mol. The second kappa shape index (κ2) is 9.05. The lowest BCUT2D eigenvalue weighted by Gasteiger charge is -2.19. The molecule has 1 amide bonds. The summed E-state index contributed by atoms with van der Waals surface area (Å²) in [4.78, 5) is 13.6. The normalized spacial score (nSPS) is 15.9. The summed E-state index contributed by atoms with van der Waals surface area (Å²) in [5.41, 5.74) is 1.65. The number of halogens is 1. The number of benzene rings is 1. The van der Waals surface area contributed by atoms with E-state index >= 15 is 0 Å². The van der Waals surface area contributed by atoms with Crippen LogP contribution in [0.15, 0.2) is 18.2 Å². The van der Waals surface area contributed by atoms with Crippen LogP contribution in [-0.2, 0) is 11.2 Å². The van der Waals surface area contributed by atoms with Crippen LogP contribution >= 0.6 is 17.0 Å². The van der Waals surface area contributed by atoms with Gasteiger partial charge in [0, 0.05) is 13.5 Å². The van der Waals surface area contributed by atoms with E-state index < -0.39 is 0 Å². The Kier molecular flexibility index (Phi) is 7.75. The van der Waals surface area contributed by atoms with E-state index in [1.807, 2.05) is 12.1 Å². The summed E-state index contributed by atoms with van der Waals surface area (Å²) in [6, 6.07) is 5.45. The molecule has 1 aliphatic rings. The molecule has 0 bridgehead atoms. The van der Waals surface area contributed by atoms with Crippen molar-refractivity contribution < 1.29 is 9.90 Å². The van der Waals surface area contributed by atoms with Crippen molar-refractivity contribution in [2.45, 2.75) is 39.0 Å². The zero-order chi connectivity index (χ0) is 14.4. The second-order valence-corrected chi connectivity index (χ2v) is 5.54. The molecule has 0 atom stereocenters. The third-order valence-electron chi connectivity index (χ3n) is 3.79. The summed E-state index contributed by atoms with van der Waals surface area (Å²) in [5, 5.41) is 12.4. The molecule has 1 fully saturated rings. The van der Waals surface area contributed by atoms with Gasteiger partial charge in [0.2, 0.25) is 5.91 Å². The maximum atomic E-state index is 11.1. The van der Waals surface area contributed by atoms with E-state index in [4.69, 9.17) is 0 Å². The number of hydrogen-bond acceptors (Lipinski definition) is 3. The summed E-state index contributed by atoms with van der Waals surface area (Å²) in [6.45, 7) is 4.88. The van der Waals surface area contributed by atoms with E-state index in [2.05, 4.69) is 10.2 Å². The van der Waals surface area contributed by atoms with E-state index in [-0.39, 0.29) is 28.6 Å². The molecular weight excluding hydrogens is 332 g/mol. The standard InChI is InChI=1S/C16H24N2O2.BrH/c1-13(19)17-15-12-14(6-7-16(15)20)8-11-18-9-4-2-3-5-10-18;/h6-7,12,20H,2-5,8-11H2,1H3,(H,17,19);1H. The van der Waals surface area contributed by atoms with E-state index in [1.54, 1.807) is 6.07 Å². The average Bonchev–Trinajstić information content (AvgIpc) is 2.68. The lowest BCUT2D eigenvalue weighted by atomic mass is 10.1. The molecule has 21 heavy (non-hydrogen) atoms. The number of amides is 1. The van der Waals surface area contributed by atoms with Crippen LogP contribution in [-0.4, -0.2) is 35.5 Å². The van der Waals surface area contributed by atoms with Gasteiger partial charge < -0.3 is 15.3 Å². The van der Waals surface area contributed by atoms with Crippen molar-refractivity contribution in [3.8, 4) is 5.75 Å². The quantitative estimate of drug-likeness (QED) is 0.813. The van der Waals surface area contributed by atoms with Gasteiger partial charge in [0.15, 0.2) is 0 Å². The molecule has 0 radical (unpaired) electrons. The Morgan fingerprint density at radius 2 is 1.90 bits per heavy atom. The largest absolute Gasteiger partial charge is 0.506 e. The molecule has 2 N–H and O–H groups in total. The Bertz CT molecular complexity index is 458. The first-order chi connectivity index (χ1) is 9.65. The minimum atomic E-state index is -0.162. The highest BCUT2D eigenvalue weighted by molar-refractivity contribution is 8.93. The molecule has 1 aliphatic heterocycles. The second-order valence-electron chi connectivity index (χ2n) is 5.54. The molecule has 1 aromatic rings. The molecule has 4 nitrogen and oxygen atoms in total. The minimum absolute atomic E-state index is 0. The number of aromatic hydroxyl groups is 1. The van der Waals surface area contributed by atoms with Crippen molar-refractivity contribution in [1.29, 1.82) is 0 Å². The van der Waals surface area contributed by atoms with Crippen LogP contribution in [0.4, 0.5) is 5.69 Å². The number of nitrogens with zero attached hydrogens (tertiary/aromatic N) is 1. The lowest BCUT2D eigenvalue weighted by Crippen LogP contribution is -2.26. The van der Waals surface area contributed by atoms with Crippen molar-refractivity contribution in [1.82, 2.24) is 4.90 Å². The number of anilines is 1. The number of phenols is 1. The predicted molar refractivity (Wildman–Crippen MR) is 91.3 cm³/mol. The summed E-state index contributed by atoms with van der Waals surface area (Å²) in [7, 11) is 0. The van der Waals surface area contributed by atoms with Crippen molar-refractivity contribution in [3.63, 3.8) is 0 Å². The highest BCUT2D eigenvalue weighted by Gasteiger charge is 2.10. The highest BCUT2D eigenvalue weighted by Crippen LogP contribution is 2.24. The van der Waals surface area contributed by atoms with Gasteiger partial charge in [-0.25, -0.2) is 0 Å². The Morgan fingerprint density at radius 1 is 1.24 bits per heavy atom. The van der Waals surface area contributed by atoms with Gasteiger partial charge >= 0.3 is 0 Å². The monoisotopic (exact) mass is 356 g/mol. The summed E-state index contributed by atoms with van der Waals surface area (Å²) in [5.74, 6) is -0.0382. The summed E-state index contributed by atoms with van der Waals surface area (Å²) >= 11 is 0. The van der Waals surface area contributed by atoms with Crippen LogP contribution in [0.5, 0.6) is 5.75 Å². The van der Waals surface area contributed by atoms with Crippen LogP contribution in [0.25, 0.3) is 0 Å². The number of rotatable bonds is 4. The third kappa shape index (κ3) is 6.06. The molecule has 1 heterocycles.